The lowest BCUT2D eigenvalue weighted by Crippen LogP contribution is -2.38. The van der Waals surface area contributed by atoms with Gasteiger partial charge < -0.3 is 10.4 Å². The van der Waals surface area contributed by atoms with E-state index in [0.717, 1.165) is 19.3 Å². The fourth-order valence-corrected chi connectivity index (χ4v) is 1.96. The van der Waals surface area contributed by atoms with Crippen LogP contribution in [0.25, 0.3) is 0 Å². The van der Waals surface area contributed by atoms with E-state index < -0.39 is 0 Å². The summed E-state index contributed by atoms with van der Waals surface area (Å²) in [6.45, 7) is 3.68. The SMILES string of the molecule is CC(O)CC(C)NC(=O)C1CC=CCC1. The Hall–Kier alpha value is -0.830. The van der Waals surface area contributed by atoms with E-state index in [4.69, 9.17) is 0 Å². The summed E-state index contributed by atoms with van der Waals surface area (Å²) in [7, 11) is 0. The molecule has 3 atom stereocenters. The van der Waals surface area contributed by atoms with Gasteiger partial charge in [-0.25, -0.2) is 0 Å². The molecule has 1 amide bonds. The topological polar surface area (TPSA) is 49.3 Å². The Morgan fingerprint density at radius 3 is 2.80 bits per heavy atom. The molecule has 86 valence electrons. The molecule has 1 aliphatic carbocycles. The van der Waals surface area contributed by atoms with Crippen molar-refractivity contribution in [3.8, 4) is 0 Å². The molecule has 0 bridgehead atoms. The second-order valence-corrected chi connectivity index (χ2v) is 4.48. The normalized spacial score (nSPS) is 24.6. The molecule has 0 radical (unpaired) electrons. The summed E-state index contributed by atoms with van der Waals surface area (Å²) in [6, 6.07) is 0.0587. The minimum atomic E-state index is -0.355. The standard InChI is InChI=1S/C12H21NO2/c1-9(8-10(2)14)13-12(15)11-6-4-3-5-7-11/h3-4,9-11,14H,5-8H2,1-2H3,(H,13,15). The molecule has 1 rings (SSSR count). The molecule has 2 N–H and O–H groups in total. The summed E-state index contributed by atoms with van der Waals surface area (Å²) >= 11 is 0. The minimum Gasteiger partial charge on any atom is -0.393 e. The molecule has 0 aromatic heterocycles. The van der Waals surface area contributed by atoms with Crippen LogP contribution in [0.1, 0.15) is 39.5 Å². The number of aliphatic hydroxyl groups excluding tert-OH is 1. The molecule has 3 unspecified atom stereocenters. The molecule has 3 nitrogen and oxygen atoms in total. The van der Waals surface area contributed by atoms with Gasteiger partial charge in [-0.1, -0.05) is 12.2 Å². The summed E-state index contributed by atoms with van der Waals surface area (Å²) in [5.74, 6) is 0.263. The molecule has 0 fully saturated rings. The smallest absolute Gasteiger partial charge is 0.223 e. The highest BCUT2D eigenvalue weighted by atomic mass is 16.3. The molecule has 0 aliphatic heterocycles. The van der Waals surface area contributed by atoms with E-state index in [1.165, 1.54) is 0 Å². The van der Waals surface area contributed by atoms with Gasteiger partial charge in [0, 0.05) is 12.0 Å². The first-order chi connectivity index (χ1) is 7.09. The van der Waals surface area contributed by atoms with Crippen molar-refractivity contribution < 1.29 is 9.90 Å². The first kappa shape index (κ1) is 12.2. The van der Waals surface area contributed by atoms with Gasteiger partial charge in [0.1, 0.15) is 0 Å². The first-order valence-corrected chi connectivity index (χ1v) is 5.73. The van der Waals surface area contributed by atoms with Crippen molar-refractivity contribution in [2.75, 3.05) is 0 Å². The van der Waals surface area contributed by atoms with E-state index in [-0.39, 0.29) is 24.0 Å². The van der Waals surface area contributed by atoms with Crippen molar-refractivity contribution in [3.63, 3.8) is 0 Å². The van der Waals surface area contributed by atoms with E-state index in [1.54, 1.807) is 6.92 Å². The lowest BCUT2D eigenvalue weighted by Gasteiger charge is -2.21. The van der Waals surface area contributed by atoms with Crippen LogP contribution in [0, 0.1) is 5.92 Å². The minimum absolute atomic E-state index is 0.0587. The number of allylic oxidation sites excluding steroid dienone is 2. The van der Waals surface area contributed by atoms with Gasteiger partial charge in [0.05, 0.1) is 6.10 Å². The Morgan fingerprint density at radius 1 is 1.53 bits per heavy atom. The third-order valence-corrected chi connectivity index (χ3v) is 2.72. The molecule has 15 heavy (non-hydrogen) atoms. The predicted octanol–water partition coefficient (Wildman–Crippen LogP) is 1.62. The Labute approximate surface area is 91.6 Å². The van der Waals surface area contributed by atoms with Gasteiger partial charge in [0.25, 0.3) is 0 Å². The van der Waals surface area contributed by atoms with Crippen LogP contribution in [-0.2, 0) is 4.79 Å². The molecule has 1 aliphatic rings. The molecule has 0 saturated carbocycles. The maximum atomic E-state index is 11.8. The molecule has 0 saturated heterocycles. The second kappa shape index (κ2) is 5.91. The van der Waals surface area contributed by atoms with E-state index >= 15 is 0 Å². The van der Waals surface area contributed by atoms with Crippen molar-refractivity contribution >= 4 is 5.91 Å². The van der Waals surface area contributed by atoms with Crippen LogP contribution in [0.4, 0.5) is 0 Å². The van der Waals surface area contributed by atoms with Gasteiger partial charge in [-0.3, -0.25) is 4.79 Å². The Bertz CT molecular complexity index is 236. The number of nitrogens with one attached hydrogen (secondary N) is 1. The Morgan fingerprint density at radius 2 is 2.27 bits per heavy atom. The number of carbonyl (C=O) groups is 1. The summed E-state index contributed by atoms with van der Waals surface area (Å²) in [6.07, 6.45) is 7.27. The first-order valence-electron chi connectivity index (χ1n) is 5.73. The summed E-state index contributed by atoms with van der Waals surface area (Å²) in [5, 5.41) is 12.1. The third-order valence-electron chi connectivity index (χ3n) is 2.72. The molecule has 3 heteroatoms. The molecule has 0 spiro atoms. The van der Waals surface area contributed by atoms with E-state index in [0.29, 0.717) is 6.42 Å². The highest BCUT2D eigenvalue weighted by molar-refractivity contribution is 5.79. The number of carbonyl (C=O) groups excluding carboxylic acids is 1. The molecule has 0 heterocycles. The van der Waals surface area contributed by atoms with Gasteiger partial charge in [-0.15, -0.1) is 0 Å². The van der Waals surface area contributed by atoms with Crippen molar-refractivity contribution in [2.45, 2.75) is 51.7 Å². The van der Waals surface area contributed by atoms with Crippen LogP contribution in [0.15, 0.2) is 12.2 Å². The molecule has 0 aromatic carbocycles. The van der Waals surface area contributed by atoms with E-state index in [1.807, 2.05) is 6.92 Å². The number of amides is 1. The van der Waals surface area contributed by atoms with Gasteiger partial charge in [0.2, 0.25) is 5.91 Å². The van der Waals surface area contributed by atoms with Crippen LogP contribution in [0.5, 0.6) is 0 Å². The predicted molar refractivity (Wildman–Crippen MR) is 60.4 cm³/mol. The van der Waals surface area contributed by atoms with Gasteiger partial charge in [0.15, 0.2) is 0 Å². The fourth-order valence-electron chi connectivity index (χ4n) is 1.96. The average molecular weight is 211 g/mol. The van der Waals surface area contributed by atoms with Crippen LogP contribution in [0.3, 0.4) is 0 Å². The number of hydrogen-bond donors (Lipinski definition) is 2. The Balaban J connectivity index is 2.31. The summed E-state index contributed by atoms with van der Waals surface area (Å²) in [5.41, 5.74) is 0. The van der Waals surface area contributed by atoms with Gasteiger partial charge in [-0.2, -0.15) is 0 Å². The number of hydrogen-bond acceptors (Lipinski definition) is 2. The zero-order valence-electron chi connectivity index (χ0n) is 9.57. The summed E-state index contributed by atoms with van der Waals surface area (Å²) < 4.78 is 0. The average Bonchev–Trinajstić information content (AvgIpc) is 2.17. The maximum Gasteiger partial charge on any atom is 0.223 e. The lowest BCUT2D eigenvalue weighted by molar-refractivity contribution is -0.126. The second-order valence-electron chi connectivity index (χ2n) is 4.48. The highest BCUT2D eigenvalue weighted by Gasteiger charge is 2.20. The van der Waals surface area contributed by atoms with Crippen LogP contribution in [0.2, 0.25) is 0 Å². The lowest BCUT2D eigenvalue weighted by atomic mass is 9.93. The van der Waals surface area contributed by atoms with Crippen molar-refractivity contribution in [1.82, 2.24) is 5.32 Å². The van der Waals surface area contributed by atoms with Gasteiger partial charge in [-0.05, 0) is 39.5 Å². The molecular weight excluding hydrogens is 190 g/mol. The van der Waals surface area contributed by atoms with Crippen molar-refractivity contribution in [3.05, 3.63) is 12.2 Å². The maximum absolute atomic E-state index is 11.8. The largest absolute Gasteiger partial charge is 0.393 e. The zero-order chi connectivity index (χ0) is 11.3. The van der Waals surface area contributed by atoms with Crippen LogP contribution >= 0.6 is 0 Å². The molecular formula is C12H21NO2. The number of rotatable bonds is 4. The van der Waals surface area contributed by atoms with Crippen molar-refractivity contribution in [1.29, 1.82) is 0 Å². The van der Waals surface area contributed by atoms with E-state index in [9.17, 15) is 9.90 Å². The highest BCUT2D eigenvalue weighted by Crippen LogP contribution is 2.18. The molecule has 0 aromatic rings. The van der Waals surface area contributed by atoms with Gasteiger partial charge >= 0.3 is 0 Å². The summed E-state index contributed by atoms with van der Waals surface area (Å²) in [4.78, 5) is 11.8. The van der Waals surface area contributed by atoms with E-state index in [2.05, 4.69) is 17.5 Å². The third kappa shape index (κ3) is 4.47. The fraction of sp³-hybridized carbons (Fsp3) is 0.750. The van der Waals surface area contributed by atoms with Crippen LogP contribution < -0.4 is 5.32 Å². The van der Waals surface area contributed by atoms with Crippen LogP contribution in [-0.4, -0.2) is 23.2 Å². The van der Waals surface area contributed by atoms with Crippen molar-refractivity contribution in [2.24, 2.45) is 5.92 Å². The monoisotopic (exact) mass is 211 g/mol. The Kier molecular flexibility index (Phi) is 4.82. The zero-order valence-corrected chi connectivity index (χ0v) is 9.57. The number of aliphatic hydroxyl groups is 1. The quantitative estimate of drug-likeness (QED) is 0.694.